The highest BCUT2D eigenvalue weighted by Crippen LogP contribution is 2.38. The quantitative estimate of drug-likeness (QED) is 0.761. The predicted molar refractivity (Wildman–Crippen MR) is 106 cm³/mol. The Labute approximate surface area is 170 Å². The lowest BCUT2D eigenvalue weighted by Crippen LogP contribution is -2.44. The molecule has 0 radical (unpaired) electrons. The summed E-state index contributed by atoms with van der Waals surface area (Å²) >= 11 is 0. The van der Waals surface area contributed by atoms with Gasteiger partial charge < -0.3 is 9.64 Å². The molecule has 1 fully saturated rings. The van der Waals surface area contributed by atoms with E-state index >= 15 is 0 Å². The molecule has 2 atom stereocenters. The molecule has 1 aliphatic heterocycles. The molecule has 0 N–H and O–H groups in total. The SMILES string of the molecule is COc1ccc(C2N(C(=O)N(C)C)C(C)CN2S(=O)(=O)c2ccc(F)cc2)cc1. The van der Waals surface area contributed by atoms with Gasteiger partial charge in [-0.3, -0.25) is 4.90 Å². The predicted octanol–water partition coefficient (Wildman–Crippen LogP) is 2.91. The van der Waals surface area contributed by atoms with Crippen molar-refractivity contribution in [1.29, 1.82) is 0 Å². The summed E-state index contributed by atoms with van der Waals surface area (Å²) in [6, 6.07) is 11.0. The van der Waals surface area contributed by atoms with Crippen molar-refractivity contribution in [2.45, 2.75) is 24.0 Å². The fourth-order valence-electron chi connectivity index (χ4n) is 3.43. The van der Waals surface area contributed by atoms with Crippen LogP contribution < -0.4 is 4.74 Å². The minimum absolute atomic E-state index is 0.0243. The Balaban J connectivity index is 2.10. The third-order valence-electron chi connectivity index (χ3n) is 4.89. The van der Waals surface area contributed by atoms with E-state index < -0.39 is 22.0 Å². The number of urea groups is 1. The van der Waals surface area contributed by atoms with Crippen LogP contribution in [0.3, 0.4) is 0 Å². The second-order valence-corrected chi connectivity index (χ2v) is 9.00. The lowest BCUT2D eigenvalue weighted by molar-refractivity contribution is 0.138. The van der Waals surface area contributed by atoms with E-state index in [0.29, 0.717) is 11.3 Å². The van der Waals surface area contributed by atoms with E-state index in [9.17, 15) is 17.6 Å². The number of benzene rings is 2. The molecule has 9 heteroatoms. The minimum Gasteiger partial charge on any atom is -0.497 e. The van der Waals surface area contributed by atoms with E-state index in [1.807, 2.05) is 0 Å². The van der Waals surface area contributed by atoms with Crippen molar-refractivity contribution in [3.8, 4) is 5.75 Å². The lowest BCUT2D eigenvalue weighted by Gasteiger charge is -2.33. The van der Waals surface area contributed by atoms with Crippen molar-refractivity contribution in [1.82, 2.24) is 14.1 Å². The highest BCUT2D eigenvalue weighted by atomic mass is 32.2. The van der Waals surface area contributed by atoms with E-state index in [2.05, 4.69) is 0 Å². The van der Waals surface area contributed by atoms with Gasteiger partial charge in [-0.1, -0.05) is 12.1 Å². The Kier molecular flexibility index (Phi) is 5.81. The number of halogens is 1. The second kappa shape index (κ2) is 8.00. The van der Waals surface area contributed by atoms with Crippen LogP contribution in [0.5, 0.6) is 5.75 Å². The first kappa shape index (κ1) is 21.1. The van der Waals surface area contributed by atoms with Gasteiger partial charge in [0.2, 0.25) is 10.0 Å². The third kappa shape index (κ3) is 3.92. The molecule has 2 aromatic carbocycles. The smallest absolute Gasteiger partial charge is 0.321 e. The maximum absolute atomic E-state index is 13.4. The number of methoxy groups -OCH3 is 1. The molecule has 3 rings (SSSR count). The molecule has 0 aliphatic carbocycles. The van der Waals surface area contributed by atoms with Crippen molar-refractivity contribution < 1.29 is 22.3 Å². The zero-order valence-electron chi connectivity index (χ0n) is 16.7. The first-order valence-corrected chi connectivity index (χ1v) is 10.5. The lowest BCUT2D eigenvalue weighted by atomic mass is 10.1. The van der Waals surface area contributed by atoms with Crippen LogP contribution in [0.2, 0.25) is 0 Å². The number of ether oxygens (including phenoxy) is 1. The van der Waals surface area contributed by atoms with E-state index in [4.69, 9.17) is 4.74 Å². The van der Waals surface area contributed by atoms with Crippen LogP contribution in [0, 0.1) is 5.82 Å². The molecule has 0 saturated carbocycles. The highest BCUT2D eigenvalue weighted by molar-refractivity contribution is 7.89. The third-order valence-corrected chi connectivity index (χ3v) is 6.73. The van der Waals surface area contributed by atoms with E-state index in [0.717, 1.165) is 12.1 Å². The maximum atomic E-state index is 13.4. The van der Waals surface area contributed by atoms with Crippen molar-refractivity contribution in [3.63, 3.8) is 0 Å². The monoisotopic (exact) mass is 421 g/mol. The Morgan fingerprint density at radius 3 is 2.21 bits per heavy atom. The van der Waals surface area contributed by atoms with Crippen LogP contribution in [0.15, 0.2) is 53.4 Å². The molecule has 29 heavy (non-hydrogen) atoms. The summed E-state index contributed by atoms with van der Waals surface area (Å²) < 4.78 is 46.5. The number of hydrogen-bond acceptors (Lipinski definition) is 4. The Bertz CT molecular complexity index is 978. The van der Waals surface area contributed by atoms with Gasteiger partial charge in [-0.15, -0.1) is 0 Å². The number of carbonyl (C=O) groups is 1. The molecule has 156 valence electrons. The largest absolute Gasteiger partial charge is 0.497 e. The number of sulfonamides is 1. The van der Waals surface area contributed by atoms with Crippen LogP contribution >= 0.6 is 0 Å². The average Bonchev–Trinajstić information content (AvgIpc) is 3.05. The Morgan fingerprint density at radius 2 is 1.69 bits per heavy atom. The van der Waals surface area contributed by atoms with Crippen LogP contribution in [0.4, 0.5) is 9.18 Å². The molecule has 1 heterocycles. The molecule has 2 amide bonds. The minimum atomic E-state index is -3.97. The Hall–Kier alpha value is -2.65. The van der Waals surface area contributed by atoms with Crippen LogP contribution in [0.25, 0.3) is 0 Å². The van der Waals surface area contributed by atoms with Crippen molar-refractivity contribution in [2.75, 3.05) is 27.7 Å². The van der Waals surface area contributed by atoms with E-state index in [1.54, 1.807) is 57.3 Å². The van der Waals surface area contributed by atoms with Gasteiger partial charge in [-0.2, -0.15) is 4.31 Å². The van der Waals surface area contributed by atoms with Gasteiger partial charge in [0, 0.05) is 26.7 Å². The number of carbonyl (C=O) groups excluding carboxylic acids is 1. The van der Waals surface area contributed by atoms with Crippen LogP contribution in [0.1, 0.15) is 18.7 Å². The van der Waals surface area contributed by atoms with Gasteiger partial charge in [-0.25, -0.2) is 17.6 Å². The normalized spacial score (nSPS) is 20.0. The number of nitrogens with zero attached hydrogens (tertiary/aromatic N) is 3. The molecule has 0 spiro atoms. The molecule has 0 aromatic heterocycles. The van der Waals surface area contributed by atoms with Crippen molar-refractivity contribution in [3.05, 3.63) is 59.9 Å². The zero-order valence-corrected chi connectivity index (χ0v) is 17.6. The standard InChI is InChI=1S/C20H24FN3O4S/c1-14-13-23(29(26,27)18-11-7-16(21)8-12-18)19(24(14)20(25)22(2)3)15-5-9-17(28-4)10-6-15/h5-12,14,19H,13H2,1-4H3. The van der Waals surface area contributed by atoms with Crippen molar-refractivity contribution in [2.24, 2.45) is 0 Å². The fourth-order valence-corrected chi connectivity index (χ4v) is 5.08. The summed E-state index contributed by atoms with van der Waals surface area (Å²) in [7, 11) is 0.816. The number of amides is 2. The van der Waals surface area contributed by atoms with Gasteiger partial charge in [-0.05, 0) is 48.9 Å². The molecule has 7 nitrogen and oxygen atoms in total. The average molecular weight is 421 g/mol. The highest BCUT2D eigenvalue weighted by Gasteiger charge is 2.47. The first-order valence-electron chi connectivity index (χ1n) is 9.07. The molecular formula is C20H24FN3O4S. The van der Waals surface area contributed by atoms with Crippen LogP contribution in [-0.4, -0.2) is 62.3 Å². The Morgan fingerprint density at radius 1 is 1.10 bits per heavy atom. The summed E-state index contributed by atoms with van der Waals surface area (Å²) in [4.78, 5) is 15.8. The topological polar surface area (TPSA) is 70.2 Å². The summed E-state index contributed by atoms with van der Waals surface area (Å²) in [5.74, 6) is 0.105. The van der Waals surface area contributed by atoms with Crippen molar-refractivity contribution >= 4 is 16.1 Å². The van der Waals surface area contributed by atoms with E-state index in [-0.39, 0.29) is 23.5 Å². The van der Waals surface area contributed by atoms with E-state index in [1.165, 1.54) is 21.3 Å². The fraction of sp³-hybridized carbons (Fsp3) is 0.350. The van der Waals surface area contributed by atoms with Gasteiger partial charge in [0.15, 0.2) is 0 Å². The number of hydrogen-bond donors (Lipinski definition) is 0. The summed E-state index contributed by atoms with van der Waals surface area (Å²) in [5.41, 5.74) is 0.635. The zero-order chi connectivity index (χ0) is 21.3. The first-order chi connectivity index (χ1) is 13.7. The molecule has 1 aliphatic rings. The van der Waals surface area contributed by atoms with Gasteiger partial charge in [0.05, 0.1) is 12.0 Å². The van der Waals surface area contributed by atoms with Gasteiger partial charge in [0.1, 0.15) is 17.7 Å². The summed E-state index contributed by atoms with van der Waals surface area (Å²) in [5, 5.41) is 0. The molecular weight excluding hydrogens is 397 g/mol. The summed E-state index contributed by atoms with van der Waals surface area (Å²) in [6.07, 6.45) is -0.833. The van der Waals surface area contributed by atoms with Crippen LogP contribution in [-0.2, 0) is 10.0 Å². The molecule has 1 saturated heterocycles. The summed E-state index contributed by atoms with van der Waals surface area (Å²) in [6.45, 7) is 1.92. The molecule has 2 unspecified atom stereocenters. The van der Waals surface area contributed by atoms with Gasteiger partial charge >= 0.3 is 6.03 Å². The second-order valence-electron chi connectivity index (χ2n) is 7.11. The molecule has 2 aromatic rings. The molecule has 0 bridgehead atoms. The van der Waals surface area contributed by atoms with Gasteiger partial charge in [0.25, 0.3) is 0 Å². The maximum Gasteiger partial charge on any atom is 0.321 e. The number of rotatable bonds is 4.